The van der Waals surface area contributed by atoms with E-state index in [1.807, 2.05) is 6.07 Å². The van der Waals surface area contributed by atoms with Gasteiger partial charge in [0, 0.05) is 5.69 Å². The second-order valence-corrected chi connectivity index (χ2v) is 4.93. The highest BCUT2D eigenvalue weighted by molar-refractivity contribution is 5.80. The summed E-state index contributed by atoms with van der Waals surface area (Å²) in [5, 5.41) is 27.1. The number of hydrogen-bond donors (Lipinski definition) is 2. The minimum atomic E-state index is -1.17. The lowest BCUT2D eigenvalue weighted by Crippen LogP contribution is -2.36. The van der Waals surface area contributed by atoms with Crippen LogP contribution < -0.4 is 4.90 Å². The van der Waals surface area contributed by atoms with Gasteiger partial charge in [-0.2, -0.15) is 5.26 Å². The summed E-state index contributed by atoms with van der Waals surface area (Å²) in [6, 6.07) is 3.68. The number of aryl methyl sites for hydroxylation is 2. The number of nitriles is 1. The average molecular weight is 289 g/mol. The number of aliphatic carboxylic acids is 2. The Morgan fingerprint density at radius 2 is 1.86 bits per heavy atom. The Balaban J connectivity index is 2.45. The number of carboxylic acids is 2. The van der Waals surface area contributed by atoms with Crippen molar-refractivity contribution in [3.8, 4) is 6.07 Å². The molecule has 0 fully saturated rings. The van der Waals surface area contributed by atoms with Gasteiger partial charge < -0.3 is 15.1 Å². The third kappa shape index (κ3) is 3.48. The van der Waals surface area contributed by atoms with Crippen molar-refractivity contribution in [1.29, 1.82) is 5.26 Å². The summed E-state index contributed by atoms with van der Waals surface area (Å²) < 4.78 is 0. The summed E-state index contributed by atoms with van der Waals surface area (Å²) in [4.78, 5) is 27.3. The van der Waals surface area contributed by atoms with Crippen LogP contribution in [0.3, 0.4) is 0 Å². The maximum atomic E-state index is 10.9. The molecule has 0 amide bonds. The molecule has 2 N–H and O–H groups in total. The number of aromatic nitrogens is 1. The van der Waals surface area contributed by atoms with Gasteiger partial charge in [0.1, 0.15) is 25.0 Å². The lowest BCUT2D eigenvalue weighted by atomic mass is 9.95. The maximum Gasteiger partial charge on any atom is 0.323 e. The fourth-order valence-electron chi connectivity index (χ4n) is 2.48. The van der Waals surface area contributed by atoms with Crippen molar-refractivity contribution < 1.29 is 19.8 Å². The molecular formula is C14H15N3O4. The maximum absolute atomic E-state index is 10.9. The number of fused-ring (bicyclic) bond motifs is 1. The van der Waals surface area contributed by atoms with E-state index >= 15 is 0 Å². The summed E-state index contributed by atoms with van der Waals surface area (Å²) in [7, 11) is 0. The molecule has 0 bridgehead atoms. The third-order valence-electron chi connectivity index (χ3n) is 3.35. The monoisotopic (exact) mass is 289 g/mol. The molecule has 0 aromatic carbocycles. The van der Waals surface area contributed by atoms with Crippen molar-refractivity contribution >= 4 is 17.8 Å². The Morgan fingerprint density at radius 1 is 1.24 bits per heavy atom. The molecule has 7 heteroatoms. The van der Waals surface area contributed by atoms with Gasteiger partial charge in [-0.15, -0.1) is 0 Å². The number of anilines is 1. The second kappa shape index (κ2) is 6.22. The highest BCUT2D eigenvalue weighted by Crippen LogP contribution is 2.26. The Kier molecular flexibility index (Phi) is 4.38. The number of nitrogens with zero attached hydrogens (tertiary/aromatic N) is 3. The summed E-state index contributed by atoms with van der Waals surface area (Å²) >= 11 is 0. The summed E-state index contributed by atoms with van der Waals surface area (Å²) in [5.41, 5.74) is 2.04. The fourth-order valence-corrected chi connectivity index (χ4v) is 2.48. The van der Waals surface area contributed by atoms with Crippen LogP contribution in [0.4, 0.5) is 5.82 Å². The molecule has 1 aromatic rings. The normalized spacial score (nSPS) is 13.1. The van der Waals surface area contributed by atoms with Crippen LogP contribution >= 0.6 is 0 Å². The van der Waals surface area contributed by atoms with Gasteiger partial charge in [-0.3, -0.25) is 9.59 Å². The number of carboxylic acid groups (broad SMARTS) is 2. The van der Waals surface area contributed by atoms with E-state index in [0.717, 1.165) is 41.8 Å². The lowest BCUT2D eigenvalue weighted by molar-refractivity contribution is -0.136. The fraction of sp³-hybridized carbons (Fsp3) is 0.429. The largest absolute Gasteiger partial charge is 0.480 e. The van der Waals surface area contributed by atoms with Crippen LogP contribution in [-0.2, 0) is 22.4 Å². The molecule has 1 aromatic heterocycles. The predicted octanol–water partition coefficient (Wildman–Crippen LogP) is 0.808. The first-order valence-corrected chi connectivity index (χ1v) is 6.62. The first-order chi connectivity index (χ1) is 10.0. The molecule has 0 aliphatic heterocycles. The summed E-state index contributed by atoms with van der Waals surface area (Å²) in [5.74, 6) is -2.19. The first kappa shape index (κ1) is 14.8. The van der Waals surface area contributed by atoms with Crippen LogP contribution in [-0.4, -0.2) is 40.2 Å². The molecule has 0 radical (unpaired) electrons. The van der Waals surface area contributed by atoms with Gasteiger partial charge in [-0.25, -0.2) is 4.98 Å². The summed E-state index contributed by atoms with van der Waals surface area (Å²) in [6.45, 7) is -1.01. The molecule has 0 saturated carbocycles. The Bertz CT molecular complexity index is 605. The SMILES string of the molecule is N#Cc1cc2c(nc1N(CC(=O)O)CC(=O)O)CCCC2. The summed E-state index contributed by atoms with van der Waals surface area (Å²) in [6.07, 6.45) is 3.63. The molecule has 21 heavy (non-hydrogen) atoms. The minimum absolute atomic E-state index is 0.142. The van der Waals surface area contributed by atoms with Crippen molar-refractivity contribution in [3.63, 3.8) is 0 Å². The van der Waals surface area contributed by atoms with Gasteiger partial charge >= 0.3 is 11.9 Å². The van der Waals surface area contributed by atoms with Crippen LogP contribution in [0, 0.1) is 11.3 Å². The number of rotatable bonds is 5. The second-order valence-electron chi connectivity index (χ2n) is 4.93. The van der Waals surface area contributed by atoms with Crippen LogP contribution in [0.2, 0.25) is 0 Å². The molecule has 0 spiro atoms. The molecule has 1 aliphatic carbocycles. The molecule has 7 nitrogen and oxygen atoms in total. The third-order valence-corrected chi connectivity index (χ3v) is 3.35. The molecule has 0 atom stereocenters. The lowest BCUT2D eigenvalue weighted by Gasteiger charge is -2.23. The van der Waals surface area contributed by atoms with Gasteiger partial charge in [0.2, 0.25) is 0 Å². The van der Waals surface area contributed by atoms with Gasteiger partial charge in [-0.05, 0) is 37.3 Å². The van der Waals surface area contributed by atoms with Gasteiger partial charge in [0.25, 0.3) is 0 Å². The predicted molar refractivity (Wildman–Crippen MR) is 73.1 cm³/mol. The molecular weight excluding hydrogens is 274 g/mol. The van der Waals surface area contributed by atoms with E-state index in [-0.39, 0.29) is 11.4 Å². The minimum Gasteiger partial charge on any atom is -0.480 e. The zero-order valence-corrected chi connectivity index (χ0v) is 11.4. The van der Waals surface area contributed by atoms with Gasteiger partial charge in [0.15, 0.2) is 0 Å². The van der Waals surface area contributed by atoms with Crippen molar-refractivity contribution in [2.45, 2.75) is 25.7 Å². The standard InChI is InChI=1S/C14H15N3O4/c15-6-10-5-9-3-1-2-4-11(9)16-14(10)17(7-12(18)19)8-13(20)21/h5H,1-4,7-8H2,(H,18,19)(H,20,21). The number of carbonyl (C=O) groups is 2. The molecule has 1 aliphatic rings. The van der Waals surface area contributed by atoms with Crippen LogP contribution in [0.25, 0.3) is 0 Å². The smallest absolute Gasteiger partial charge is 0.323 e. The zero-order valence-electron chi connectivity index (χ0n) is 11.4. The Morgan fingerprint density at radius 3 is 2.43 bits per heavy atom. The Hall–Kier alpha value is -2.62. The Labute approximate surface area is 121 Å². The van der Waals surface area contributed by atoms with Crippen molar-refractivity contribution in [3.05, 3.63) is 22.9 Å². The highest BCUT2D eigenvalue weighted by atomic mass is 16.4. The number of hydrogen-bond acceptors (Lipinski definition) is 5. The van der Waals surface area contributed by atoms with E-state index in [2.05, 4.69) is 4.98 Å². The highest BCUT2D eigenvalue weighted by Gasteiger charge is 2.22. The molecule has 2 rings (SSSR count). The van der Waals surface area contributed by atoms with Gasteiger partial charge in [0.05, 0.1) is 5.56 Å². The van der Waals surface area contributed by atoms with E-state index in [1.165, 1.54) is 0 Å². The molecule has 0 saturated heterocycles. The average Bonchev–Trinajstić information content (AvgIpc) is 2.44. The van der Waals surface area contributed by atoms with Crippen LogP contribution in [0.15, 0.2) is 6.07 Å². The first-order valence-electron chi connectivity index (χ1n) is 6.62. The van der Waals surface area contributed by atoms with E-state index in [4.69, 9.17) is 10.2 Å². The number of pyridine rings is 1. The molecule has 0 unspecified atom stereocenters. The van der Waals surface area contributed by atoms with E-state index in [1.54, 1.807) is 6.07 Å². The van der Waals surface area contributed by atoms with Gasteiger partial charge in [-0.1, -0.05) is 0 Å². The molecule has 110 valence electrons. The van der Waals surface area contributed by atoms with Crippen LogP contribution in [0.5, 0.6) is 0 Å². The molecule has 1 heterocycles. The van der Waals surface area contributed by atoms with Crippen LogP contribution in [0.1, 0.15) is 29.7 Å². The van der Waals surface area contributed by atoms with E-state index in [0.29, 0.717) is 0 Å². The quantitative estimate of drug-likeness (QED) is 0.824. The van der Waals surface area contributed by atoms with Crippen molar-refractivity contribution in [2.75, 3.05) is 18.0 Å². The van der Waals surface area contributed by atoms with E-state index in [9.17, 15) is 14.9 Å². The van der Waals surface area contributed by atoms with Crippen molar-refractivity contribution in [2.24, 2.45) is 0 Å². The topological polar surface area (TPSA) is 115 Å². The van der Waals surface area contributed by atoms with E-state index < -0.39 is 25.0 Å². The van der Waals surface area contributed by atoms with Crippen molar-refractivity contribution in [1.82, 2.24) is 4.98 Å². The zero-order chi connectivity index (χ0) is 15.4.